The van der Waals surface area contributed by atoms with E-state index in [-0.39, 0.29) is 24.1 Å². The maximum atomic E-state index is 12.6. The van der Waals surface area contributed by atoms with E-state index in [1.807, 2.05) is 0 Å². The monoisotopic (exact) mass is 710 g/mol. The molecule has 0 spiro atoms. The average Bonchev–Trinajstić information content (AvgIpc) is 3.19. The van der Waals surface area contributed by atoms with Crippen LogP contribution in [-0.2, 0) is 19.1 Å². The lowest BCUT2D eigenvalue weighted by Crippen LogP contribution is -2.13. The van der Waals surface area contributed by atoms with Crippen molar-refractivity contribution in [3.05, 3.63) is 119 Å². The molecule has 0 N–H and O–H groups in total. The van der Waals surface area contributed by atoms with Crippen molar-refractivity contribution in [3.8, 4) is 0 Å². The summed E-state index contributed by atoms with van der Waals surface area (Å²) >= 11 is 0. The molecule has 4 nitrogen and oxygen atoms in total. The highest BCUT2D eigenvalue weighted by molar-refractivity contribution is 6.27. The minimum Gasteiger partial charge on any atom is -0.457 e. The van der Waals surface area contributed by atoms with Gasteiger partial charge in [-0.2, -0.15) is 0 Å². The van der Waals surface area contributed by atoms with Crippen LogP contribution in [0.2, 0.25) is 0 Å². The van der Waals surface area contributed by atoms with E-state index < -0.39 is 0 Å². The van der Waals surface area contributed by atoms with Gasteiger partial charge in [-0.3, -0.25) is 9.59 Å². The second-order valence-corrected chi connectivity index (χ2v) is 15.3. The number of fused-ring (bicyclic) bond motifs is 13. The molecule has 2 atom stereocenters. The van der Waals surface area contributed by atoms with E-state index in [0.29, 0.717) is 25.7 Å². The molecule has 0 saturated carbocycles. The number of hydrogen-bond donors (Lipinski definition) is 0. The zero-order valence-corrected chi connectivity index (χ0v) is 31.3. The lowest BCUT2D eigenvalue weighted by Gasteiger charge is -2.23. The lowest BCUT2D eigenvalue weighted by atomic mass is 9.87. The summed E-state index contributed by atoms with van der Waals surface area (Å²) in [7, 11) is 0. The zero-order valence-electron chi connectivity index (χ0n) is 31.3. The molecule has 2 unspecified atom stereocenters. The molecule has 9 rings (SSSR count). The van der Waals surface area contributed by atoms with Crippen LogP contribution in [0.15, 0.2) is 97.1 Å². The zero-order chi connectivity index (χ0) is 36.8. The van der Waals surface area contributed by atoms with Crippen molar-refractivity contribution < 1.29 is 19.1 Å². The summed E-state index contributed by atoms with van der Waals surface area (Å²) in [6.45, 7) is 4.29. The van der Waals surface area contributed by atoms with Gasteiger partial charge >= 0.3 is 11.9 Å². The van der Waals surface area contributed by atoms with Crippen LogP contribution in [0, 0.1) is 0 Å². The predicted octanol–water partition coefficient (Wildman–Crippen LogP) is 13.8. The molecule has 7 aromatic carbocycles. The van der Waals surface area contributed by atoms with E-state index in [1.165, 1.54) is 53.9 Å². The molecule has 0 aliphatic heterocycles. The number of esters is 2. The number of unbranched alkanes of at least 4 members (excludes halogenated alkanes) is 4. The Hall–Kier alpha value is -5.48. The van der Waals surface area contributed by atoms with E-state index >= 15 is 0 Å². The van der Waals surface area contributed by atoms with Gasteiger partial charge in [-0.15, -0.1) is 0 Å². The highest BCUT2D eigenvalue weighted by Gasteiger charge is 2.24. The Morgan fingerprint density at radius 1 is 0.481 bits per heavy atom. The Morgan fingerprint density at radius 3 is 1.20 bits per heavy atom. The molecule has 0 saturated heterocycles. The summed E-state index contributed by atoms with van der Waals surface area (Å²) in [5, 5.41) is 14.6. The first-order valence-corrected chi connectivity index (χ1v) is 20.0. The van der Waals surface area contributed by atoms with E-state index in [0.717, 1.165) is 71.6 Å². The molecule has 7 aromatic rings. The summed E-state index contributed by atoms with van der Waals surface area (Å²) in [5.74, 6) is -0.204. The Kier molecular flexibility index (Phi) is 9.14. The molecule has 270 valence electrons. The number of carbonyl (C=O) groups excluding carboxylic acids is 2. The van der Waals surface area contributed by atoms with Gasteiger partial charge in [-0.1, -0.05) is 124 Å². The molecule has 4 heteroatoms. The van der Waals surface area contributed by atoms with Crippen LogP contribution in [0.5, 0.6) is 0 Å². The van der Waals surface area contributed by atoms with Gasteiger partial charge in [0.25, 0.3) is 0 Å². The van der Waals surface area contributed by atoms with Crippen LogP contribution in [0.3, 0.4) is 0 Å². The maximum absolute atomic E-state index is 12.6. The predicted molar refractivity (Wildman–Crippen MR) is 225 cm³/mol. The number of carbonyl (C=O) groups is 2. The summed E-state index contributed by atoms with van der Waals surface area (Å²) in [5.41, 5.74) is 4.44. The van der Waals surface area contributed by atoms with Gasteiger partial charge in [0, 0.05) is 36.8 Å². The molecular formula is C50H46O4. The van der Waals surface area contributed by atoms with Crippen LogP contribution in [0.4, 0.5) is 0 Å². The third-order valence-electron chi connectivity index (χ3n) is 11.7. The van der Waals surface area contributed by atoms with Crippen LogP contribution >= 0.6 is 0 Å². The number of ether oxygens (including phenoxy) is 2. The lowest BCUT2D eigenvalue weighted by molar-refractivity contribution is -0.150. The van der Waals surface area contributed by atoms with Crippen molar-refractivity contribution in [3.63, 3.8) is 0 Å². The van der Waals surface area contributed by atoms with Crippen LogP contribution in [0.25, 0.3) is 76.8 Å². The maximum Gasteiger partial charge on any atom is 0.306 e. The van der Waals surface area contributed by atoms with Crippen LogP contribution < -0.4 is 0 Å². The smallest absolute Gasteiger partial charge is 0.306 e. The van der Waals surface area contributed by atoms with Gasteiger partial charge in [0.05, 0.1) is 0 Å². The largest absolute Gasteiger partial charge is 0.457 e. The summed E-state index contributed by atoms with van der Waals surface area (Å²) in [6, 6.07) is 31.7. The van der Waals surface area contributed by atoms with Crippen molar-refractivity contribution in [2.75, 3.05) is 0 Å². The second kappa shape index (κ2) is 14.4. The van der Waals surface area contributed by atoms with Crippen molar-refractivity contribution in [2.24, 2.45) is 0 Å². The van der Waals surface area contributed by atoms with Gasteiger partial charge in [-0.05, 0) is 113 Å². The third kappa shape index (κ3) is 6.12. The van der Waals surface area contributed by atoms with Gasteiger partial charge in [0.2, 0.25) is 0 Å². The van der Waals surface area contributed by atoms with Gasteiger partial charge in [0.1, 0.15) is 12.2 Å². The highest BCUT2D eigenvalue weighted by Crippen LogP contribution is 2.42. The number of hydrogen-bond acceptors (Lipinski definition) is 4. The standard InChI is InChI=1S/C50H46O4/c1-3-5-7-15-49(51)53-47-13-9-11-31-27-43-33(29-45(31)47)17-19-35-37-21-22-38-36-20-18-34-30-46-32(12-10-14-48(46)54-50(52)16-8-6-4-2)28-44(34)42(36)26-24-40(38)39(37)23-25-41(35)43/h9-12,17-30,47-48H,3-8,13-16H2,1-2H3. The van der Waals surface area contributed by atoms with Crippen LogP contribution in [0.1, 0.15) is 113 Å². The number of benzene rings is 7. The molecule has 0 radical (unpaired) electrons. The topological polar surface area (TPSA) is 52.6 Å². The van der Waals surface area contributed by atoms with Gasteiger partial charge < -0.3 is 9.47 Å². The Labute approximate surface area is 316 Å². The normalized spacial score (nSPS) is 16.4. The van der Waals surface area contributed by atoms with E-state index in [2.05, 4.69) is 123 Å². The SMILES string of the molecule is CCCCCC(=O)OC1CC=Cc2cc3c(ccc4c3ccc3c4ccc4c5ccc6cc7c(cc6c5ccc43)C=CCC7OC(=O)CCCCC)cc21. The van der Waals surface area contributed by atoms with Crippen LogP contribution in [-0.4, -0.2) is 11.9 Å². The second-order valence-electron chi connectivity index (χ2n) is 15.3. The number of rotatable bonds is 10. The molecule has 0 amide bonds. The minimum absolute atomic E-state index is 0.102. The van der Waals surface area contributed by atoms with E-state index in [1.54, 1.807) is 0 Å². The quantitative estimate of drug-likeness (QED) is 0.0805. The average molecular weight is 711 g/mol. The fourth-order valence-corrected chi connectivity index (χ4v) is 8.92. The first kappa shape index (κ1) is 34.3. The molecule has 0 bridgehead atoms. The Morgan fingerprint density at radius 2 is 0.833 bits per heavy atom. The molecule has 0 aromatic heterocycles. The van der Waals surface area contributed by atoms with Crippen molar-refractivity contribution in [1.82, 2.24) is 0 Å². The van der Waals surface area contributed by atoms with Crippen molar-refractivity contribution in [2.45, 2.75) is 90.3 Å². The Balaban J connectivity index is 1.08. The molecule has 54 heavy (non-hydrogen) atoms. The molecular weight excluding hydrogens is 665 g/mol. The summed E-state index contributed by atoms with van der Waals surface area (Å²) in [4.78, 5) is 25.3. The minimum atomic E-state index is -0.238. The highest BCUT2D eigenvalue weighted by atomic mass is 16.5. The van der Waals surface area contributed by atoms with Gasteiger partial charge in [0.15, 0.2) is 0 Å². The molecule has 2 aliphatic carbocycles. The molecule has 0 fully saturated rings. The Bertz CT molecular complexity index is 2510. The third-order valence-corrected chi connectivity index (χ3v) is 11.7. The first-order chi connectivity index (χ1) is 26.5. The van der Waals surface area contributed by atoms with Crippen molar-refractivity contribution in [1.29, 1.82) is 0 Å². The first-order valence-electron chi connectivity index (χ1n) is 20.0. The summed E-state index contributed by atoms with van der Waals surface area (Å²) in [6.07, 6.45) is 16.6. The fraction of sp³-hybridized carbons (Fsp3) is 0.280. The van der Waals surface area contributed by atoms with Crippen molar-refractivity contribution >= 4 is 88.7 Å². The van der Waals surface area contributed by atoms with Gasteiger partial charge in [-0.25, -0.2) is 0 Å². The summed E-state index contributed by atoms with van der Waals surface area (Å²) < 4.78 is 12.0. The molecule has 2 aliphatic rings. The van der Waals surface area contributed by atoms with E-state index in [9.17, 15) is 9.59 Å². The fourth-order valence-electron chi connectivity index (χ4n) is 8.92. The van der Waals surface area contributed by atoms with E-state index in [4.69, 9.17) is 9.47 Å². The molecule has 0 heterocycles.